The lowest BCUT2D eigenvalue weighted by atomic mass is 9.71. The minimum absolute atomic E-state index is 0.000514. The second-order valence-electron chi connectivity index (χ2n) is 7.73. The summed E-state index contributed by atoms with van der Waals surface area (Å²) < 4.78 is 6.52. The van der Waals surface area contributed by atoms with Gasteiger partial charge in [-0.1, -0.05) is 38.0 Å². The molecule has 2 aliphatic rings. The number of hydrogen-bond donors (Lipinski definition) is 1. The minimum atomic E-state index is -0.000514. The SMILES string of the molecule is Cc1ccc2c(c1)[C@H](N)CC1(CCCC(CC(C)C)C1)O2. The fourth-order valence-electron chi connectivity index (χ4n) is 4.43. The van der Waals surface area contributed by atoms with Crippen LogP contribution in [-0.2, 0) is 0 Å². The topological polar surface area (TPSA) is 35.2 Å². The number of nitrogens with two attached hydrogens (primary N) is 1. The molecule has 1 aliphatic heterocycles. The Kier molecular flexibility index (Phi) is 4.00. The van der Waals surface area contributed by atoms with E-state index in [2.05, 4.69) is 39.0 Å². The van der Waals surface area contributed by atoms with Crippen LogP contribution in [0.1, 0.15) is 69.5 Å². The molecule has 1 aliphatic carbocycles. The van der Waals surface area contributed by atoms with Crippen molar-refractivity contribution in [2.45, 2.75) is 70.9 Å². The highest BCUT2D eigenvalue weighted by Gasteiger charge is 2.43. The first-order valence-corrected chi connectivity index (χ1v) is 8.52. The maximum Gasteiger partial charge on any atom is 0.124 e. The van der Waals surface area contributed by atoms with Gasteiger partial charge < -0.3 is 10.5 Å². The van der Waals surface area contributed by atoms with E-state index < -0.39 is 0 Å². The third-order valence-corrected chi connectivity index (χ3v) is 5.19. The van der Waals surface area contributed by atoms with E-state index in [0.717, 1.165) is 24.0 Å². The van der Waals surface area contributed by atoms with Gasteiger partial charge in [0.25, 0.3) is 0 Å². The Balaban J connectivity index is 1.82. The van der Waals surface area contributed by atoms with Crippen LogP contribution in [0, 0.1) is 18.8 Å². The largest absolute Gasteiger partial charge is 0.487 e. The van der Waals surface area contributed by atoms with Crippen LogP contribution in [-0.4, -0.2) is 5.60 Å². The number of aryl methyl sites for hydroxylation is 1. The Morgan fingerprint density at radius 2 is 2.14 bits per heavy atom. The summed E-state index contributed by atoms with van der Waals surface area (Å²) in [6.07, 6.45) is 7.30. The molecule has 2 nitrogen and oxygen atoms in total. The summed E-state index contributed by atoms with van der Waals surface area (Å²) >= 11 is 0. The Morgan fingerprint density at radius 1 is 1.33 bits per heavy atom. The molecule has 2 heteroatoms. The fraction of sp³-hybridized carbons (Fsp3) is 0.684. The maximum atomic E-state index is 6.52. The zero-order chi connectivity index (χ0) is 15.0. The lowest BCUT2D eigenvalue weighted by molar-refractivity contribution is -0.0201. The summed E-state index contributed by atoms with van der Waals surface area (Å²) in [5.41, 5.74) is 8.96. The molecule has 2 N–H and O–H groups in total. The third kappa shape index (κ3) is 3.11. The highest BCUT2D eigenvalue weighted by Crippen LogP contribution is 2.47. The molecule has 0 saturated heterocycles. The highest BCUT2D eigenvalue weighted by atomic mass is 16.5. The zero-order valence-electron chi connectivity index (χ0n) is 13.7. The van der Waals surface area contributed by atoms with E-state index in [1.54, 1.807) is 0 Å². The van der Waals surface area contributed by atoms with Gasteiger partial charge >= 0.3 is 0 Å². The molecule has 0 radical (unpaired) electrons. The van der Waals surface area contributed by atoms with Crippen LogP contribution in [0.3, 0.4) is 0 Å². The van der Waals surface area contributed by atoms with E-state index in [-0.39, 0.29) is 11.6 Å². The lowest BCUT2D eigenvalue weighted by Gasteiger charge is -2.46. The second-order valence-corrected chi connectivity index (χ2v) is 7.73. The molecular formula is C19H29NO. The van der Waals surface area contributed by atoms with Crippen LogP contribution in [0.15, 0.2) is 18.2 Å². The normalized spacial score (nSPS) is 32.0. The Bertz CT molecular complexity index is 510. The monoisotopic (exact) mass is 287 g/mol. The average molecular weight is 287 g/mol. The third-order valence-electron chi connectivity index (χ3n) is 5.19. The van der Waals surface area contributed by atoms with E-state index in [1.165, 1.54) is 43.2 Å². The molecular weight excluding hydrogens is 258 g/mol. The van der Waals surface area contributed by atoms with Crippen LogP contribution in [0.4, 0.5) is 0 Å². The molecule has 2 unspecified atom stereocenters. The average Bonchev–Trinajstić information content (AvgIpc) is 2.39. The van der Waals surface area contributed by atoms with Gasteiger partial charge in [0.05, 0.1) is 0 Å². The van der Waals surface area contributed by atoms with Crippen molar-refractivity contribution in [3.63, 3.8) is 0 Å². The van der Waals surface area contributed by atoms with Crippen LogP contribution in [0.5, 0.6) is 5.75 Å². The van der Waals surface area contributed by atoms with Crippen LogP contribution in [0.25, 0.3) is 0 Å². The smallest absolute Gasteiger partial charge is 0.124 e. The summed E-state index contributed by atoms with van der Waals surface area (Å²) in [4.78, 5) is 0. The first kappa shape index (κ1) is 14.9. The van der Waals surface area contributed by atoms with Gasteiger partial charge in [0.1, 0.15) is 11.4 Å². The molecule has 3 rings (SSSR count). The number of hydrogen-bond acceptors (Lipinski definition) is 2. The molecule has 1 aromatic carbocycles. The zero-order valence-corrected chi connectivity index (χ0v) is 13.7. The Hall–Kier alpha value is -1.02. The molecule has 1 spiro atoms. The Morgan fingerprint density at radius 3 is 2.90 bits per heavy atom. The van der Waals surface area contributed by atoms with Crippen molar-refractivity contribution in [2.75, 3.05) is 0 Å². The van der Waals surface area contributed by atoms with Gasteiger partial charge in [-0.3, -0.25) is 0 Å². The van der Waals surface area contributed by atoms with E-state index in [0.29, 0.717) is 0 Å². The predicted octanol–water partition coefficient (Wildman–Crippen LogP) is 4.75. The summed E-state index contributed by atoms with van der Waals surface area (Å²) in [5.74, 6) is 2.61. The van der Waals surface area contributed by atoms with Crippen molar-refractivity contribution < 1.29 is 4.74 Å². The number of benzene rings is 1. The summed E-state index contributed by atoms with van der Waals surface area (Å²) in [5, 5.41) is 0. The van der Waals surface area contributed by atoms with Crippen molar-refractivity contribution in [1.29, 1.82) is 0 Å². The van der Waals surface area contributed by atoms with Gasteiger partial charge in [0, 0.05) is 18.0 Å². The molecule has 0 amide bonds. The van der Waals surface area contributed by atoms with Crippen molar-refractivity contribution in [3.8, 4) is 5.75 Å². The predicted molar refractivity (Wildman–Crippen MR) is 87.5 cm³/mol. The highest BCUT2D eigenvalue weighted by molar-refractivity contribution is 5.41. The number of fused-ring (bicyclic) bond motifs is 1. The van der Waals surface area contributed by atoms with Gasteiger partial charge in [-0.25, -0.2) is 0 Å². The molecule has 0 bridgehead atoms. The van der Waals surface area contributed by atoms with E-state index >= 15 is 0 Å². The Labute approximate surface area is 129 Å². The van der Waals surface area contributed by atoms with Gasteiger partial charge in [0.2, 0.25) is 0 Å². The van der Waals surface area contributed by atoms with Crippen LogP contribution < -0.4 is 10.5 Å². The quantitative estimate of drug-likeness (QED) is 0.851. The molecule has 1 aromatic rings. The van der Waals surface area contributed by atoms with Gasteiger partial charge in [-0.2, -0.15) is 0 Å². The van der Waals surface area contributed by atoms with E-state index in [9.17, 15) is 0 Å². The number of ether oxygens (including phenoxy) is 1. The van der Waals surface area contributed by atoms with Crippen molar-refractivity contribution in [2.24, 2.45) is 17.6 Å². The minimum Gasteiger partial charge on any atom is -0.487 e. The van der Waals surface area contributed by atoms with Gasteiger partial charge in [-0.05, 0) is 50.5 Å². The summed E-state index contributed by atoms with van der Waals surface area (Å²) in [6, 6.07) is 6.59. The van der Waals surface area contributed by atoms with Crippen LogP contribution >= 0.6 is 0 Å². The lowest BCUT2D eigenvalue weighted by Crippen LogP contribution is -2.46. The first-order chi connectivity index (χ1) is 9.97. The van der Waals surface area contributed by atoms with Crippen molar-refractivity contribution in [1.82, 2.24) is 0 Å². The molecule has 1 fully saturated rings. The van der Waals surface area contributed by atoms with Crippen molar-refractivity contribution in [3.05, 3.63) is 29.3 Å². The fourth-order valence-corrected chi connectivity index (χ4v) is 4.43. The molecule has 1 saturated carbocycles. The summed E-state index contributed by atoms with van der Waals surface area (Å²) in [7, 11) is 0. The second kappa shape index (κ2) is 5.64. The van der Waals surface area contributed by atoms with E-state index in [4.69, 9.17) is 10.5 Å². The van der Waals surface area contributed by atoms with Crippen LogP contribution in [0.2, 0.25) is 0 Å². The van der Waals surface area contributed by atoms with Gasteiger partial charge in [-0.15, -0.1) is 0 Å². The first-order valence-electron chi connectivity index (χ1n) is 8.52. The van der Waals surface area contributed by atoms with Gasteiger partial charge in [0.15, 0.2) is 0 Å². The molecule has 21 heavy (non-hydrogen) atoms. The molecule has 116 valence electrons. The standard InChI is InChI=1S/C19H29NO/c1-13(2)9-15-5-4-8-19(11-15)12-17(20)16-10-14(3)6-7-18(16)21-19/h6-7,10,13,15,17H,4-5,8-9,11-12,20H2,1-3H3/t15?,17-,19?/m1/s1. The maximum absolute atomic E-state index is 6.52. The molecule has 3 atom stereocenters. The molecule has 0 aromatic heterocycles. The van der Waals surface area contributed by atoms with E-state index in [1.807, 2.05) is 0 Å². The number of rotatable bonds is 2. The van der Waals surface area contributed by atoms with Crippen molar-refractivity contribution >= 4 is 0 Å². The molecule has 1 heterocycles. The summed E-state index contributed by atoms with van der Waals surface area (Å²) in [6.45, 7) is 6.77.